The molecule has 4 aromatic rings. The number of nitrogens with zero attached hydrogens (tertiary/aromatic N) is 1. The molecule has 0 saturated carbocycles. The van der Waals surface area contributed by atoms with E-state index < -0.39 is 22.0 Å². The van der Waals surface area contributed by atoms with Crippen molar-refractivity contribution in [1.82, 2.24) is 5.32 Å². The van der Waals surface area contributed by atoms with Crippen molar-refractivity contribution in [3.8, 4) is 17.2 Å². The van der Waals surface area contributed by atoms with Gasteiger partial charge in [-0.2, -0.15) is 0 Å². The van der Waals surface area contributed by atoms with E-state index in [-0.39, 0.29) is 24.6 Å². The topological polar surface area (TPSA) is 94.2 Å². The number of nitrogens with one attached hydrogen (secondary N) is 1. The van der Waals surface area contributed by atoms with E-state index in [0.717, 1.165) is 16.5 Å². The minimum Gasteiger partial charge on any atom is -0.497 e. The van der Waals surface area contributed by atoms with E-state index in [1.54, 1.807) is 36.4 Å². The second-order valence-electron chi connectivity index (χ2n) is 8.40. The Kier molecular flexibility index (Phi) is 6.87. The van der Waals surface area contributed by atoms with Crippen LogP contribution in [0.4, 0.5) is 5.69 Å². The maximum absolute atomic E-state index is 13.5. The van der Waals surface area contributed by atoms with Crippen molar-refractivity contribution in [2.75, 3.05) is 31.1 Å². The molecule has 1 aliphatic heterocycles. The van der Waals surface area contributed by atoms with E-state index in [4.69, 9.17) is 14.2 Å². The molecule has 0 spiro atoms. The van der Waals surface area contributed by atoms with Crippen LogP contribution in [0, 0.1) is 0 Å². The van der Waals surface area contributed by atoms with Gasteiger partial charge in [0.1, 0.15) is 23.9 Å². The van der Waals surface area contributed by atoms with Gasteiger partial charge in [0.25, 0.3) is 15.9 Å². The summed E-state index contributed by atoms with van der Waals surface area (Å²) in [5.41, 5.74) is 0.377. The van der Waals surface area contributed by atoms with Gasteiger partial charge < -0.3 is 19.5 Å². The minimum absolute atomic E-state index is 0.0904. The van der Waals surface area contributed by atoms with Gasteiger partial charge in [-0.3, -0.25) is 9.10 Å². The first-order valence-corrected chi connectivity index (χ1v) is 13.2. The van der Waals surface area contributed by atoms with Gasteiger partial charge in [0.2, 0.25) is 0 Å². The Bertz CT molecular complexity index is 1520. The van der Waals surface area contributed by atoms with Gasteiger partial charge in [-0.1, -0.05) is 48.5 Å². The zero-order valence-corrected chi connectivity index (χ0v) is 21.0. The molecule has 4 aromatic carbocycles. The number of anilines is 1. The van der Waals surface area contributed by atoms with Gasteiger partial charge >= 0.3 is 0 Å². The predicted octanol–water partition coefficient (Wildman–Crippen LogP) is 4.00. The fourth-order valence-corrected chi connectivity index (χ4v) is 5.69. The number of sulfonamides is 1. The van der Waals surface area contributed by atoms with E-state index in [0.29, 0.717) is 17.2 Å². The maximum Gasteiger partial charge on any atom is 0.264 e. The number of fused-ring (bicyclic) bond motifs is 2. The summed E-state index contributed by atoms with van der Waals surface area (Å²) in [6, 6.07) is 26.6. The van der Waals surface area contributed by atoms with Crippen molar-refractivity contribution < 1.29 is 27.4 Å². The molecule has 0 unspecified atom stereocenters. The van der Waals surface area contributed by atoms with Crippen LogP contribution in [-0.4, -0.2) is 47.2 Å². The summed E-state index contributed by atoms with van der Waals surface area (Å²) in [5.74, 6) is 1.17. The number of benzene rings is 4. The number of rotatable bonds is 8. The molecular weight excluding hydrogens is 492 g/mol. The molecule has 1 heterocycles. The molecule has 0 radical (unpaired) electrons. The van der Waals surface area contributed by atoms with E-state index in [2.05, 4.69) is 5.32 Å². The number of amides is 1. The van der Waals surface area contributed by atoms with Gasteiger partial charge in [0.15, 0.2) is 6.10 Å². The molecule has 37 heavy (non-hydrogen) atoms. The SMILES string of the molecule is COc1ccc(S(=O)(=O)N2C[C@@H](C(=O)NCCOc3cccc4ccccc34)Oc3ccccc32)cc1. The number of carbonyl (C=O) groups is 1. The monoisotopic (exact) mass is 518 g/mol. The predicted molar refractivity (Wildman–Crippen MR) is 141 cm³/mol. The summed E-state index contributed by atoms with van der Waals surface area (Å²) in [6.45, 7) is 0.313. The van der Waals surface area contributed by atoms with Crippen molar-refractivity contribution >= 4 is 32.4 Å². The van der Waals surface area contributed by atoms with Gasteiger partial charge in [-0.05, 0) is 47.9 Å². The average Bonchev–Trinajstić information content (AvgIpc) is 2.94. The molecule has 1 N–H and O–H groups in total. The Morgan fingerprint density at radius 1 is 0.973 bits per heavy atom. The van der Waals surface area contributed by atoms with Crippen LogP contribution in [-0.2, 0) is 14.8 Å². The molecule has 8 nitrogen and oxygen atoms in total. The van der Waals surface area contributed by atoms with Crippen LogP contribution < -0.4 is 23.8 Å². The highest BCUT2D eigenvalue weighted by molar-refractivity contribution is 7.92. The third kappa shape index (κ3) is 5.03. The second-order valence-corrected chi connectivity index (χ2v) is 10.3. The third-order valence-electron chi connectivity index (χ3n) is 6.08. The smallest absolute Gasteiger partial charge is 0.264 e. The molecule has 190 valence electrons. The van der Waals surface area contributed by atoms with Gasteiger partial charge in [-0.25, -0.2) is 8.42 Å². The molecule has 1 aliphatic rings. The molecule has 0 bridgehead atoms. The molecule has 9 heteroatoms. The van der Waals surface area contributed by atoms with Crippen LogP contribution in [0.2, 0.25) is 0 Å². The van der Waals surface area contributed by atoms with Gasteiger partial charge in [-0.15, -0.1) is 0 Å². The number of para-hydroxylation sites is 2. The highest BCUT2D eigenvalue weighted by Gasteiger charge is 2.37. The Labute approximate surface area is 215 Å². The van der Waals surface area contributed by atoms with E-state index >= 15 is 0 Å². The van der Waals surface area contributed by atoms with Crippen LogP contribution in [0.3, 0.4) is 0 Å². The normalized spacial score (nSPS) is 14.9. The van der Waals surface area contributed by atoms with Crippen LogP contribution in [0.1, 0.15) is 0 Å². The molecule has 0 aromatic heterocycles. The van der Waals surface area contributed by atoms with E-state index in [1.807, 2.05) is 42.5 Å². The number of carbonyl (C=O) groups excluding carboxylic acids is 1. The number of ether oxygens (including phenoxy) is 3. The van der Waals surface area contributed by atoms with Crippen molar-refractivity contribution in [3.63, 3.8) is 0 Å². The molecule has 1 amide bonds. The number of hydrogen-bond acceptors (Lipinski definition) is 6. The molecular formula is C28H26N2O6S. The summed E-state index contributed by atoms with van der Waals surface area (Å²) >= 11 is 0. The van der Waals surface area contributed by atoms with Crippen molar-refractivity contribution in [2.24, 2.45) is 0 Å². The highest BCUT2D eigenvalue weighted by atomic mass is 32.2. The van der Waals surface area contributed by atoms with Crippen molar-refractivity contribution in [2.45, 2.75) is 11.0 Å². The zero-order valence-electron chi connectivity index (χ0n) is 20.2. The molecule has 5 rings (SSSR count). The Morgan fingerprint density at radius 2 is 1.70 bits per heavy atom. The van der Waals surface area contributed by atoms with Crippen molar-refractivity contribution in [1.29, 1.82) is 0 Å². The lowest BCUT2D eigenvalue weighted by Gasteiger charge is -2.34. The summed E-state index contributed by atoms with van der Waals surface area (Å²) in [7, 11) is -2.44. The fourth-order valence-electron chi connectivity index (χ4n) is 4.21. The standard InChI is InChI=1S/C28H26N2O6S/c1-34-21-13-15-22(16-14-21)37(32,33)30-19-27(36-26-11-5-4-10-24(26)30)28(31)29-17-18-35-25-12-6-8-20-7-2-3-9-23(20)25/h2-16,27H,17-19H2,1H3,(H,29,31)/t27-/m0/s1. The lowest BCUT2D eigenvalue weighted by Crippen LogP contribution is -2.51. The summed E-state index contributed by atoms with van der Waals surface area (Å²) < 4.78 is 45.2. The average molecular weight is 519 g/mol. The first-order chi connectivity index (χ1) is 18.0. The summed E-state index contributed by atoms with van der Waals surface area (Å²) in [6.07, 6.45) is -1.03. The van der Waals surface area contributed by atoms with Gasteiger partial charge in [0, 0.05) is 5.39 Å². The van der Waals surface area contributed by atoms with Crippen LogP contribution in [0.15, 0.2) is 95.9 Å². The van der Waals surface area contributed by atoms with Crippen LogP contribution >= 0.6 is 0 Å². The maximum atomic E-state index is 13.5. The Morgan fingerprint density at radius 3 is 2.51 bits per heavy atom. The lowest BCUT2D eigenvalue weighted by molar-refractivity contribution is -0.127. The summed E-state index contributed by atoms with van der Waals surface area (Å²) in [5, 5.41) is 4.86. The summed E-state index contributed by atoms with van der Waals surface area (Å²) in [4.78, 5) is 13.1. The first kappa shape index (κ1) is 24.5. The minimum atomic E-state index is -3.96. The zero-order chi connectivity index (χ0) is 25.8. The highest BCUT2D eigenvalue weighted by Crippen LogP contribution is 2.37. The number of hydrogen-bond donors (Lipinski definition) is 1. The molecule has 0 fully saturated rings. The van der Waals surface area contributed by atoms with Crippen LogP contribution in [0.5, 0.6) is 17.2 Å². The van der Waals surface area contributed by atoms with E-state index in [1.165, 1.54) is 23.5 Å². The largest absolute Gasteiger partial charge is 0.497 e. The molecule has 0 aliphatic carbocycles. The fraction of sp³-hybridized carbons (Fsp3) is 0.179. The molecule has 0 saturated heterocycles. The Balaban J connectivity index is 1.28. The van der Waals surface area contributed by atoms with Crippen molar-refractivity contribution in [3.05, 3.63) is 91.0 Å². The van der Waals surface area contributed by atoms with E-state index in [9.17, 15) is 13.2 Å². The molecule has 1 atom stereocenters. The quantitative estimate of drug-likeness (QED) is 0.355. The first-order valence-electron chi connectivity index (χ1n) is 11.8. The second kappa shape index (κ2) is 10.4. The third-order valence-corrected chi connectivity index (χ3v) is 7.88. The van der Waals surface area contributed by atoms with Crippen LogP contribution in [0.25, 0.3) is 10.8 Å². The Hall–Kier alpha value is -4.24. The van der Waals surface area contributed by atoms with Gasteiger partial charge in [0.05, 0.1) is 30.8 Å². The lowest BCUT2D eigenvalue weighted by atomic mass is 10.1. The number of methoxy groups -OCH3 is 1.